The van der Waals surface area contributed by atoms with Gasteiger partial charge in [-0.15, -0.1) is 11.3 Å². The summed E-state index contributed by atoms with van der Waals surface area (Å²) < 4.78 is 2.27. The van der Waals surface area contributed by atoms with Crippen LogP contribution in [0.5, 0.6) is 0 Å². The van der Waals surface area contributed by atoms with Gasteiger partial charge >= 0.3 is 0 Å². The lowest BCUT2D eigenvalue weighted by atomic mass is 9.88. The fraction of sp³-hybridized carbons (Fsp3) is 0.417. The Balaban J connectivity index is 2.47. The zero-order chi connectivity index (χ0) is 11.9. The van der Waals surface area contributed by atoms with Crippen LogP contribution in [0.15, 0.2) is 22.7 Å². The Morgan fingerprint density at radius 1 is 1.38 bits per heavy atom. The van der Waals surface area contributed by atoms with Gasteiger partial charge in [-0.3, -0.25) is 0 Å². The molecule has 2 aromatic rings. The summed E-state index contributed by atoms with van der Waals surface area (Å²) in [7, 11) is 0. The average Bonchev–Trinajstić information content (AvgIpc) is 2.57. The molecule has 0 radical (unpaired) electrons. The molecule has 86 valence electrons. The first-order chi connectivity index (χ1) is 7.38. The van der Waals surface area contributed by atoms with E-state index in [9.17, 15) is 0 Å². The molecule has 0 aliphatic heterocycles. The van der Waals surface area contributed by atoms with Crippen LogP contribution >= 0.6 is 27.3 Å². The Bertz CT molecular complexity index is 513. The quantitative estimate of drug-likeness (QED) is 0.861. The molecule has 0 amide bonds. The monoisotopic (exact) mass is 298 g/mol. The van der Waals surface area contributed by atoms with Crippen molar-refractivity contribution in [2.45, 2.75) is 26.8 Å². The number of thiazole rings is 1. The van der Waals surface area contributed by atoms with Crippen LogP contribution in [0, 0.1) is 5.41 Å². The highest BCUT2D eigenvalue weighted by Gasteiger charge is 2.25. The van der Waals surface area contributed by atoms with Crippen LogP contribution in [0.25, 0.3) is 10.2 Å². The van der Waals surface area contributed by atoms with E-state index in [4.69, 9.17) is 5.73 Å². The van der Waals surface area contributed by atoms with Gasteiger partial charge in [0, 0.05) is 4.47 Å². The summed E-state index contributed by atoms with van der Waals surface area (Å²) in [5.41, 5.74) is 7.29. The van der Waals surface area contributed by atoms with Crippen molar-refractivity contribution in [2.75, 3.05) is 0 Å². The van der Waals surface area contributed by atoms with E-state index in [0.29, 0.717) is 0 Å². The lowest BCUT2D eigenvalue weighted by molar-refractivity contribution is 0.326. The number of nitrogens with two attached hydrogens (primary N) is 1. The molecule has 1 aromatic carbocycles. The topological polar surface area (TPSA) is 38.9 Å². The van der Waals surface area contributed by atoms with E-state index in [1.165, 1.54) is 4.70 Å². The summed E-state index contributed by atoms with van der Waals surface area (Å²) in [5.74, 6) is 0. The van der Waals surface area contributed by atoms with Crippen molar-refractivity contribution in [1.82, 2.24) is 4.98 Å². The van der Waals surface area contributed by atoms with Gasteiger partial charge in [-0.1, -0.05) is 36.7 Å². The Morgan fingerprint density at radius 3 is 2.69 bits per heavy atom. The number of nitrogens with zero attached hydrogens (tertiary/aromatic N) is 1. The third-order valence-electron chi connectivity index (χ3n) is 2.57. The second kappa shape index (κ2) is 4.09. The van der Waals surface area contributed by atoms with Crippen molar-refractivity contribution >= 4 is 37.5 Å². The molecule has 2 N–H and O–H groups in total. The maximum Gasteiger partial charge on any atom is 0.111 e. The highest BCUT2D eigenvalue weighted by atomic mass is 79.9. The molecule has 2 nitrogen and oxygen atoms in total. The first kappa shape index (κ1) is 12.0. The molecule has 0 bridgehead atoms. The van der Waals surface area contributed by atoms with Gasteiger partial charge in [0.05, 0.1) is 16.3 Å². The normalized spacial score (nSPS) is 14.3. The summed E-state index contributed by atoms with van der Waals surface area (Å²) in [5, 5.41) is 1.01. The summed E-state index contributed by atoms with van der Waals surface area (Å²) in [4.78, 5) is 4.59. The number of benzene rings is 1. The number of aromatic nitrogens is 1. The van der Waals surface area contributed by atoms with E-state index < -0.39 is 0 Å². The second-order valence-corrected chi connectivity index (χ2v) is 6.99. The molecule has 2 rings (SSSR count). The first-order valence-corrected chi connectivity index (χ1v) is 6.80. The van der Waals surface area contributed by atoms with Crippen molar-refractivity contribution in [3.05, 3.63) is 27.7 Å². The van der Waals surface area contributed by atoms with Crippen LogP contribution in [0.4, 0.5) is 0 Å². The smallest absolute Gasteiger partial charge is 0.111 e. The van der Waals surface area contributed by atoms with Gasteiger partial charge in [-0.25, -0.2) is 4.98 Å². The summed E-state index contributed by atoms with van der Waals surface area (Å²) in [6.07, 6.45) is 0. The third-order valence-corrected chi connectivity index (χ3v) is 4.16. The first-order valence-electron chi connectivity index (χ1n) is 5.19. The molecule has 1 aromatic heterocycles. The fourth-order valence-electron chi connectivity index (χ4n) is 1.42. The Morgan fingerprint density at radius 2 is 2.06 bits per heavy atom. The van der Waals surface area contributed by atoms with Gasteiger partial charge in [0.25, 0.3) is 0 Å². The van der Waals surface area contributed by atoms with Gasteiger partial charge in [0.1, 0.15) is 5.01 Å². The Labute approximate surface area is 108 Å². The van der Waals surface area contributed by atoms with E-state index >= 15 is 0 Å². The third kappa shape index (κ3) is 2.29. The Hall–Kier alpha value is -0.450. The Kier molecular flexibility index (Phi) is 3.07. The molecule has 1 atom stereocenters. The second-order valence-electron chi connectivity index (χ2n) is 5.01. The standard InChI is InChI=1S/C12H15BrN2S/c1-12(2,3)10(14)11-15-8-5-4-7(13)6-9(8)16-11/h4-6,10H,14H2,1-3H3. The molecule has 0 fully saturated rings. The largest absolute Gasteiger partial charge is 0.322 e. The van der Waals surface area contributed by atoms with E-state index in [0.717, 1.165) is 15.0 Å². The lowest BCUT2D eigenvalue weighted by Crippen LogP contribution is -2.25. The molecular weight excluding hydrogens is 284 g/mol. The number of halogens is 1. The lowest BCUT2D eigenvalue weighted by Gasteiger charge is -2.24. The predicted molar refractivity (Wildman–Crippen MR) is 73.7 cm³/mol. The SMILES string of the molecule is CC(C)(C)C(N)c1nc2ccc(Br)cc2s1. The van der Waals surface area contributed by atoms with E-state index in [-0.39, 0.29) is 11.5 Å². The molecule has 0 saturated heterocycles. The highest BCUT2D eigenvalue weighted by molar-refractivity contribution is 9.10. The summed E-state index contributed by atoms with van der Waals surface area (Å²) >= 11 is 5.15. The molecule has 16 heavy (non-hydrogen) atoms. The van der Waals surface area contributed by atoms with Crippen molar-refractivity contribution in [1.29, 1.82) is 0 Å². The van der Waals surface area contributed by atoms with Gasteiger partial charge in [-0.2, -0.15) is 0 Å². The van der Waals surface area contributed by atoms with Crippen molar-refractivity contribution in [3.8, 4) is 0 Å². The fourth-order valence-corrected chi connectivity index (χ4v) is 3.19. The zero-order valence-corrected chi connectivity index (χ0v) is 12.0. The molecule has 0 aliphatic rings. The van der Waals surface area contributed by atoms with Gasteiger partial charge < -0.3 is 5.73 Å². The van der Waals surface area contributed by atoms with Crippen LogP contribution < -0.4 is 5.73 Å². The van der Waals surface area contributed by atoms with Crippen LogP contribution in [0.2, 0.25) is 0 Å². The molecular formula is C12H15BrN2S. The molecule has 0 aliphatic carbocycles. The number of rotatable bonds is 1. The van der Waals surface area contributed by atoms with Crippen molar-refractivity contribution in [3.63, 3.8) is 0 Å². The van der Waals surface area contributed by atoms with E-state index in [2.05, 4.69) is 47.8 Å². The minimum atomic E-state index is -0.0105. The van der Waals surface area contributed by atoms with Crippen LogP contribution in [0.1, 0.15) is 31.8 Å². The minimum Gasteiger partial charge on any atom is -0.322 e. The maximum atomic E-state index is 6.21. The molecule has 0 spiro atoms. The number of hydrogen-bond acceptors (Lipinski definition) is 3. The number of fused-ring (bicyclic) bond motifs is 1. The molecule has 4 heteroatoms. The van der Waals surface area contributed by atoms with Gasteiger partial charge in [0.15, 0.2) is 0 Å². The van der Waals surface area contributed by atoms with Gasteiger partial charge in [-0.05, 0) is 23.6 Å². The van der Waals surface area contributed by atoms with E-state index in [1.807, 2.05) is 12.1 Å². The minimum absolute atomic E-state index is 0.0105. The number of hydrogen-bond donors (Lipinski definition) is 1. The average molecular weight is 299 g/mol. The van der Waals surface area contributed by atoms with Crippen LogP contribution in [-0.2, 0) is 0 Å². The zero-order valence-electron chi connectivity index (χ0n) is 9.62. The maximum absolute atomic E-state index is 6.21. The molecule has 0 saturated carbocycles. The summed E-state index contributed by atoms with van der Waals surface area (Å²) in [6, 6.07) is 6.11. The predicted octanol–water partition coefficient (Wildman–Crippen LogP) is 4.10. The van der Waals surface area contributed by atoms with Crippen LogP contribution in [0.3, 0.4) is 0 Å². The highest BCUT2D eigenvalue weighted by Crippen LogP contribution is 2.35. The van der Waals surface area contributed by atoms with Crippen molar-refractivity contribution < 1.29 is 0 Å². The van der Waals surface area contributed by atoms with Crippen molar-refractivity contribution in [2.24, 2.45) is 11.1 Å². The molecule has 1 unspecified atom stereocenters. The van der Waals surface area contributed by atoms with E-state index in [1.54, 1.807) is 11.3 Å². The van der Waals surface area contributed by atoms with Gasteiger partial charge in [0.2, 0.25) is 0 Å². The summed E-state index contributed by atoms with van der Waals surface area (Å²) in [6.45, 7) is 6.42. The van der Waals surface area contributed by atoms with Crippen LogP contribution in [-0.4, -0.2) is 4.98 Å². The molecule has 1 heterocycles.